The monoisotopic (exact) mass is 274 g/mol. The summed E-state index contributed by atoms with van der Waals surface area (Å²) in [4.78, 5) is 12.0. The van der Waals surface area contributed by atoms with E-state index in [1.165, 1.54) is 11.3 Å². The molecular weight excluding hydrogens is 252 g/mol. The van der Waals surface area contributed by atoms with Gasteiger partial charge in [-0.25, -0.2) is 0 Å². The van der Waals surface area contributed by atoms with Crippen LogP contribution in [-0.2, 0) is 9.53 Å². The second kappa shape index (κ2) is 5.83. The lowest BCUT2D eigenvalue weighted by Gasteiger charge is -2.13. The number of anilines is 1. The molecule has 1 fully saturated rings. The molecule has 4 nitrogen and oxygen atoms in total. The maximum atomic E-state index is 12.0. The quantitative estimate of drug-likeness (QED) is 0.884. The van der Waals surface area contributed by atoms with Crippen LogP contribution in [0.25, 0.3) is 0 Å². The van der Waals surface area contributed by atoms with E-state index in [1.54, 1.807) is 0 Å². The zero-order chi connectivity index (χ0) is 13.9. The predicted octanol–water partition coefficient (Wildman–Crippen LogP) is 2.13. The third kappa shape index (κ3) is 2.80. The fraction of sp³-hybridized carbons (Fsp3) is 0.562. The van der Waals surface area contributed by atoms with Gasteiger partial charge in [0.2, 0.25) is 5.91 Å². The number of amides is 1. The van der Waals surface area contributed by atoms with E-state index in [9.17, 15) is 4.79 Å². The van der Waals surface area contributed by atoms with Crippen molar-refractivity contribution in [3.8, 4) is 0 Å². The molecule has 3 rings (SSSR count). The van der Waals surface area contributed by atoms with Gasteiger partial charge in [0.1, 0.15) is 0 Å². The summed E-state index contributed by atoms with van der Waals surface area (Å²) in [5.41, 5.74) is 2.61. The van der Waals surface area contributed by atoms with Crippen molar-refractivity contribution in [2.45, 2.75) is 31.8 Å². The van der Waals surface area contributed by atoms with E-state index in [0.717, 1.165) is 25.9 Å². The fourth-order valence-electron chi connectivity index (χ4n) is 3.13. The first-order valence-electron chi connectivity index (χ1n) is 7.46. The highest BCUT2D eigenvalue weighted by molar-refractivity contribution is 5.79. The van der Waals surface area contributed by atoms with Crippen LogP contribution in [0, 0.1) is 5.92 Å². The van der Waals surface area contributed by atoms with Crippen molar-refractivity contribution in [1.29, 1.82) is 0 Å². The zero-order valence-electron chi connectivity index (χ0n) is 11.9. The average Bonchev–Trinajstić information content (AvgIpc) is 3.06. The number of carbonyl (C=O) groups is 1. The molecule has 2 N–H and O–H groups in total. The molecule has 0 aromatic heterocycles. The molecule has 108 valence electrons. The third-order valence-electron chi connectivity index (χ3n) is 4.30. The van der Waals surface area contributed by atoms with Crippen molar-refractivity contribution in [1.82, 2.24) is 5.32 Å². The SMILES string of the molecule is CC1CC(C(=O)NCCC2CNc3ccccc32)CO1. The van der Waals surface area contributed by atoms with Gasteiger partial charge in [-0.1, -0.05) is 18.2 Å². The summed E-state index contributed by atoms with van der Waals surface area (Å²) in [6.07, 6.45) is 2.05. The zero-order valence-corrected chi connectivity index (χ0v) is 11.9. The van der Waals surface area contributed by atoms with Gasteiger partial charge in [-0.05, 0) is 31.4 Å². The molecule has 2 aliphatic rings. The highest BCUT2D eigenvalue weighted by atomic mass is 16.5. The van der Waals surface area contributed by atoms with Crippen LogP contribution < -0.4 is 10.6 Å². The molecule has 2 aliphatic heterocycles. The van der Waals surface area contributed by atoms with Crippen LogP contribution in [0.3, 0.4) is 0 Å². The van der Waals surface area contributed by atoms with Crippen molar-refractivity contribution in [2.75, 3.05) is 25.0 Å². The summed E-state index contributed by atoms with van der Waals surface area (Å²) in [5.74, 6) is 0.692. The largest absolute Gasteiger partial charge is 0.384 e. The molecule has 0 saturated carbocycles. The van der Waals surface area contributed by atoms with Crippen molar-refractivity contribution in [3.63, 3.8) is 0 Å². The van der Waals surface area contributed by atoms with E-state index in [2.05, 4.69) is 34.9 Å². The molecule has 3 atom stereocenters. The van der Waals surface area contributed by atoms with Gasteiger partial charge in [0.15, 0.2) is 0 Å². The van der Waals surface area contributed by atoms with Gasteiger partial charge in [0.25, 0.3) is 0 Å². The van der Waals surface area contributed by atoms with Crippen LogP contribution >= 0.6 is 0 Å². The molecule has 0 aliphatic carbocycles. The van der Waals surface area contributed by atoms with Crippen LogP contribution in [0.4, 0.5) is 5.69 Å². The minimum Gasteiger partial charge on any atom is -0.384 e. The van der Waals surface area contributed by atoms with E-state index < -0.39 is 0 Å². The number of fused-ring (bicyclic) bond motifs is 1. The van der Waals surface area contributed by atoms with Gasteiger partial charge in [-0.15, -0.1) is 0 Å². The Morgan fingerprint density at radius 3 is 3.10 bits per heavy atom. The highest BCUT2D eigenvalue weighted by Crippen LogP contribution is 2.32. The maximum absolute atomic E-state index is 12.0. The molecule has 1 aromatic carbocycles. The molecule has 20 heavy (non-hydrogen) atoms. The number of carbonyl (C=O) groups excluding carboxylic acids is 1. The molecule has 0 spiro atoms. The van der Waals surface area contributed by atoms with Gasteiger partial charge in [-0.3, -0.25) is 4.79 Å². The van der Waals surface area contributed by atoms with Gasteiger partial charge >= 0.3 is 0 Å². The number of rotatable bonds is 4. The Bertz CT molecular complexity index is 489. The van der Waals surface area contributed by atoms with Crippen molar-refractivity contribution in [2.24, 2.45) is 5.92 Å². The van der Waals surface area contributed by atoms with E-state index in [0.29, 0.717) is 12.5 Å². The Balaban J connectivity index is 1.46. The van der Waals surface area contributed by atoms with Crippen LogP contribution in [0.1, 0.15) is 31.2 Å². The van der Waals surface area contributed by atoms with Crippen molar-refractivity contribution >= 4 is 11.6 Å². The summed E-state index contributed by atoms with van der Waals surface area (Å²) in [6.45, 7) is 4.30. The lowest BCUT2D eigenvalue weighted by Crippen LogP contribution is -2.32. The van der Waals surface area contributed by atoms with Gasteiger partial charge in [-0.2, -0.15) is 0 Å². The average molecular weight is 274 g/mol. The normalized spacial score (nSPS) is 27.9. The maximum Gasteiger partial charge on any atom is 0.225 e. The Morgan fingerprint density at radius 2 is 2.30 bits per heavy atom. The summed E-state index contributed by atoms with van der Waals surface area (Å²) < 4.78 is 5.44. The number of hydrogen-bond donors (Lipinski definition) is 2. The molecule has 4 heteroatoms. The number of ether oxygens (including phenoxy) is 1. The fourth-order valence-corrected chi connectivity index (χ4v) is 3.13. The highest BCUT2D eigenvalue weighted by Gasteiger charge is 2.28. The van der Waals surface area contributed by atoms with Gasteiger partial charge in [0.05, 0.1) is 18.6 Å². The van der Waals surface area contributed by atoms with Crippen LogP contribution in [0.15, 0.2) is 24.3 Å². The Hall–Kier alpha value is -1.55. The number of para-hydroxylation sites is 1. The number of hydrogen-bond acceptors (Lipinski definition) is 3. The molecular formula is C16H22N2O2. The van der Waals surface area contributed by atoms with E-state index >= 15 is 0 Å². The first-order chi connectivity index (χ1) is 9.74. The molecule has 0 radical (unpaired) electrons. The number of nitrogens with one attached hydrogen (secondary N) is 2. The first kappa shape index (κ1) is 13.4. The lowest BCUT2D eigenvalue weighted by atomic mass is 9.98. The summed E-state index contributed by atoms with van der Waals surface area (Å²) in [7, 11) is 0. The Kier molecular flexibility index (Phi) is 3.92. The van der Waals surface area contributed by atoms with E-state index in [1.807, 2.05) is 6.92 Å². The first-order valence-corrected chi connectivity index (χ1v) is 7.46. The smallest absolute Gasteiger partial charge is 0.225 e. The van der Waals surface area contributed by atoms with Crippen molar-refractivity contribution in [3.05, 3.63) is 29.8 Å². The molecule has 1 aromatic rings. The van der Waals surface area contributed by atoms with E-state index in [-0.39, 0.29) is 17.9 Å². The second-order valence-electron chi connectivity index (χ2n) is 5.82. The van der Waals surface area contributed by atoms with Gasteiger partial charge < -0.3 is 15.4 Å². The summed E-state index contributed by atoms with van der Waals surface area (Å²) in [5, 5.41) is 6.47. The minimum atomic E-state index is 0.0407. The van der Waals surface area contributed by atoms with Gasteiger partial charge in [0, 0.05) is 24.7 Å². The van der Waals surface area contributed by atoms with Crippen LogP contribution in [0.2, 0.25) is 0 Å². The van der Waals surface area contributed by atoms with Crippen molar-refractivity contribution < 1.29 is 9.53 Å². The third-order valence-corrected chi connectivity index (χ3v) is 4.30. The topological polar surface area (TPSA) is 50.4 Å². The van der Waals surface area contributed by atoms with Crippen LogP contribution in [-0.4, -0.2) is 31.7 Å². The molecule has 2 heterocycles. The predicted molar refractivity (Wildman–Crippen MR) is 78.8 cm³/mol. The molecule has 1 saturated heterocycles. The Morgan fingerprint density at radius 1 is 1.45 bits per heavy atom. The Labute approximate surface area is 119 Å². The van der Waals surface area contributed by atoms with E-state index in [4.69, 9.17) is 4.74 Å². The summed E-state index contributed by atoms with van der Waals surface area (Å²) >= 11 is 0. The second-order valence-corrected chi connectivity index (χ2v) is 5.82. The standard InChI is InChI=1S/C16H22N2O2/c1-11-8-13(10-20-11)16(19)17-7-6-12-9-18-15-5-3-2-4-14(12)15/h2-5,11-13,18H,6-10H2,1H3,(H,17,19). The lowest BCUT2D eigenvalue weighted by molar-refractivity contribution is -0.124. The molecule has 1 amide bonds. The van der Waals surface area contributed by atoms with Crippen LogP contribution in [0.5, 0.6) is 0 Å². The molecule has 3 unspecified atom stereocenters. The number of benzene rings is 1. The molecule has 0 bridgehead atoms. The minimum absolute atomic E-state index is 0.0407. The summed E-state index contributed by atoms with van der Waals surface area (Å²) in [6, 6.07) is 8.42.